The topological polar surface area (TPSA) is 42.9 Å². The molecule has 1 aliphatic heterocycles. The molecule has 0 unspecified atom stereocenters. The van der Waals surface area contributed by atoms with Crippen LogP contribution in [0.1, 0.15) is 30.0 Å². The van der Waals surface area contributed by atoms with Gasteiger partial charge >= 0.3 is 0 Å². The lowest BCUT2D eigenvalue weighted by Gasteiger charge is -2.20. The first kappa shape index (κ1) is 26.5. The molecule has 0 radical (unpaired) electrons. The Morgan fingerprint density at radius 3 is 2.47 bits per heavy atom. The molecule has 0 spiro atoms. The molecule has 1 aliphatic rings. The molecule has 5 nitrogen and oxygen atoms in total. The standard InChI is InChI=1S/C24H33F2N5.HI/c1-3-27-24(29-17-21-15-22(25)9-10-23(21)26)28-16-19-5-7-20(8-6-19)18-31-12-4-11-30(2)13-14-31;/h5-10,15H,3-4,11-14,16-18H2,1-2H3,(H2,27,28,29);1H. The molecule has 0 amide bonds. The third kappa shape index (κ3) is 8.63. The first-order chi connectivity index (χ1) is 15.0. The third-order valence-electron chi connectivity index (χ3n) is 5.46. The van der Waals surface area contributed by atoms with Crippen LogP contribution < -0.4 is 10.6 Å². The van der Waals surface area contributed by atoms with Crippen LogP contribution in [0.2, 0.25) is 0 Å². The summed E-state index contributed by atoms with van der Waals surface area (Å²) in [6.07, 6.45) is 1.21. The van der Waals surface area contributed by atoms with E-state index in [2.05, 4.69) is 56.7 Å². The van der Waals surface area contributed by atoms with E-state index in [0.29, 0.717) is 19.0 Å². The molecule has 1 fully saturated rings. The van der Waals surface area contributed by atoms with Crippen molar-refractivity contribution in [2.24, 2.45) is 4.99 Å². The monoisotopic (exact) mass is 557 g/mol. The van der Waals surface area contributed by atoms with Crippen LogP contribution >= 0.6 is 24.0 Å². The second kappa shape index (κ2) is 13.7. The van der Waals surface area contributed by atoms with E-state index in [-0.39, 0.29) is 36.1 Å². The molecule has 8 heteroatoms. The van der Waals surface area contributed by atoms with Crippen LogP contribution in [-0.2, 0) is 19.6 Å². The Bertz CT molecular complexity index is 860. The highest BCUT2D eigenvalue weighted by atomic mass is 127. The van der Waals surface area contributed by atoms with Crippen molar-refractivity contribution >= 4 is 29.9 Å². The van der Waals surface area contributed by atoms with Crippen LogP contribution in [0.4, 0.5) is 8.78 Å². The molecule has 1 heterocycles. The zero-order valence-electron chi connectivity index (χ0n) is 18.9. The van der Waals surface area contributed by atoms with Crippen LogP contribution in [0.25, 0.3) is 0 Å². The van der Waals surface area contributed by atoms with Gasteiger partial charge in [0.15, 0.2) is 5.96 Å². The fraction of sp³-hybridized carbons (Fsp3) is 0.458. The fourth-order valence-electron chi connectivity index (χ4n) is 3.64. The lowest BCUT2D eigenvalue weighted by atomic mass is 10.1. The van der Waals surface area contributed by atoms with Gasteiger partial charge in [-0.2, -0.15) is 0 Å². The minimum absolute atomic E-state index is 0. The van der Waals surface area contributed by atoms with Gasteiger partial charge in [0.25, 0.3) is 0 Å². The summed E-state index contributed by atoms with van der Waals surface area (Å²) in [7, 11) is 2.18. The van der Waals surface area contributed by atoms with Gasteiger partial charge in [0.2, 0.25) is 0 Å². The van der Waals surface area contributed by atoms with Gasteiger partial charge in [-0.25, -0.2) is 13.8 Å². The second-order valence-electron chi connectivity index (χ2n) is 8.03. The van der Waals surface area contributed by atoms with Gasteiger partial charge < -0.3 is 15.5 Å². The smallest absolute Gasteiger partial charge is 0.191 e. The van der Waals surface area contributed by atoms with Crippen molar-refractivity contribution in [3.8, 4) is 0 Å². The Kier molecular flexibility index (Phi) is 11.3. The summed E-state index contributed by atoms with van der Waals surface area (Å²) >= 11 is 0. The molecule has 3 rings (SSSR count). The van der Waals surface area contributed by atoms with Crippen LogP contribution in [0.5, 0.6) is 0 Å². The van der Waals surface area contributed by atoms with E-state index in [1.54, 1.807) is 0 Å². The van der Waals surface area contributed by atoms with E-state index in [4.69, 9.17) is 0 Å². The summed E-state index contributed by atoms with van der Waals surface area (Å²) in [6, 6.07) is 12.0. The van der Waals surface area contributed by atoms with E-state index in [0.717, 1.165) is 43.9 Å². The highest BCUT2D eigenvalue weighted by Gasteiger charge is 2.12. The molecular formula is C24H34F2IN5. The summed E-state index contributed by atoms with van der Waals surface area (Å²) in [5.41, 5.74) is 2.69. The van der Waals surface area contributed by atoms with Crippen LogP contribution in [-0.4, -0.2) is 55.5 Å². The van der Waals surface area contributed by atoms with Gasteiger partial charge in [0.05, 0.1) is 6.54 Å². The van der Waals surface area contributed by atoms with Crippen molar-refractivity contribution in [2.75, 3.05) is 39.8 Å². The van der Waals surface area contributed by atoms with Gasteiger partial charge in [-0.1, -0.05) is 24.3 Å². The quantitative estimate of drug-likeness (QED) is 0.307. The molecule has 0 saturated carbocycles. The van der Waals surface area contributed by atoms with Gasteiger partial charge in [-0.05, 0) is 62.8 Å². The van der Waals surface area contributed by atoms with Gasteiger partial charge in [0, 0.05) is 38.3 Å². The van der Waals surface area contributed by atoms with E-state index in [1.165, 1.54) is 24.6 Å². The number of nitrogens with one attached hydrogen (secondary N) is 2. The maximum Gasteiger partial charge on any atom is 0.191 e. The molecule has 32 heavy (non-hydrogen) atoms. The Hall–Kier alpha value is -1.78. The molecule has 0 bridgehead atoms. The van der Waals surface area contributed by atoms with Crippen molar-refractivity contribution in [2.45, 2.75) is 33.0 Å². The zero-order chi connectivity index (χ0) is 22.1. The highest BCUT2D eigenvalue weighted by molar-refractivity contribution is 14.0. The van der Waals surface area contributed by atoms with Crippen LogP contribution in [0.3, 0.4) is 0 Å². The molecule has 0 aromatic heterocycles. The molecule has 1 saturated heterocycles. The molecule has 2 aromatic carbocycles. The predicted octanol–water partition coefficient (Wildman–Crippen LogP) is 3.98. The Morgan fingerprint density at radius 2 is 1.72 bits per heavy atom. The molecule has 176 valence electrons. The first-order valence-corrected chi connectivity index (χ1v) is 11.0. The first-order valence-electron chi connectivity index (χ1n) is 11.0. The number of hydrogen-bond donors (Lipinski definition) is 2. The zero-order valence-corrected chi connectivity index (χ0v) is 21.2. The predicted molar refractivity (Wildman–Crippen MR) is 137 cm³/mol. The van der Waals surface area contributed by atoms with Crippen molar-refractivity contribution in [3.63, 3.8) is 0 Å². The third-order valence-corrected chi connectivity index (χ3v) is 5.46. The van der Waals surface area contributed by atoms with E-state index in [9.17, 15) is 8.78 Å². The Labute approximate surface area is 207 Å². The Balaban J connectivity index is 0.00000363. The lowest BCUT2D eigenvalue weighted by molar-refractivity contribution is 0.269. The number of rotatable bonds is 7. The maximum atomic E-state index is 13.8. The van der Waals surface area contributed by atoms with Crippen molar-refractivity contribution in [1.82, 2.24) is 20.4 Å². The molecule has 0 aliphatic carbocycles. The number of hydrogen-bond acceptors (Lipinski definition) is 3. The van der Waals surface area contributed by atoms with Gasteiger partial charge in [0.1, 0.15) is 11.6 Å². The van der Waals surface area contributed by atoms with E-state index in [1.807, 2.05) is 6.92 Å². The summed E-state index contributed by atoms with van der Waals surface area (Å²) in [6.45, 7) is 8.83. The van der Waals surface area contributed by atoms with E-state index >= 15 is 0 Å². The second-order valence-corrected chi connectivity index (χ2v) is 8.03. The SMILES string of the molecule is CCNC(=NCc1ccc(CN2CCCN(C)CC2)cc1)NCc1cc(F)ccc1F.I. The normalized spacial score (nSPS) is 15.7. The van der Waals surface area contributed by atoms with Crippen molar-refractivity contribution < 1.29 is 8.78 Å². The number of benzene rings is 2. The average molecular weight is 557 g/mol. The number of nitrogens with zero attached hydrogens (tertiary/aromatic N) is 3. The molecule has 2 aromatic rings. The number of likely N-dealkylation sites (N-methyl/N-ethyl adjacent to an activating group) is 1. The number of aliphatic imine (C=N–C) groups is 1. The summed E-state index contributed by atoms with van der Waals surface area (Å²) < 4.78 is 27.2. The minimum Gasteiger partial charge on any atom is -0.357 e. The highest BCUT2D eigenvalue weighted by Crippen LogP contribution is 2.12. The fourth-order valence-corrected chi connectivity index (χ4v) is 3.64. The summed E-state index contributed by atoms with van der Waals surface area (Å²) in [5, 5.41) is 6.22. The van der Waals surface area contributed by atoms with E-state index < -0.39 is 11.6 Å². The molecular weight excluding hydrogens is 523 g/mol. The Morgan fingerprint density at radius 1 is 0.969 bits per heavy atom. The van der Waals surface area contributed by atoms with Crippen molar-refractivity contribution in [1.29, 1.82) is 0 Å². The largest absolute Gasteiger partial charge is 0.357 e. The summed E-state index contributed by atoms with van der Waals surface area (Å²) in [5.74, 6) is -0.312. The number of guanidine groups is 1. The van der Waals surface area contributed by atoms with Crippen LogP contribution in [0, 0.1) is 11.6 Å². The molecule has 0 atom stereocenters. The lowest BCUT2D eigenvalue weighted by Crippen LogP contribution is -2.37. The average Bonchev–Trinajstić information content (AvgIpc) is 2.97. The maximum absolute atomic E-state index is 13.8. The van der Waals surface area contributed by atoms with Gasteiger partial charge in [-0.15, -0.1) is 24.0 Å². The molecule has 2 N–H and O–H groups in total. The minimum atomic E-state index is -0.451. The summed E-state index contributed by atoms with van der Waals surface area (Å²) in [4.78, 5) is 9.48. The van der Waals surface area contributed by atoms with Gasteiger partial charge in [-0.3, -0.25) is 4.90 Å². The van der Waals surface area contributed by atoms with Crippen molar-refractivity contribution in [3.05, 3.63) is 70.8 Å². The number of halogens is 3. The van der Waals surface area contributed by atoms with Crippen LogP contribution in [0.15, 0.2) is 47.5 Å².